The maximum Gasteiger partial charge on any atom is 0.233 e. The third kappa shape index (κ3) is 3.31. The fourth-order valence-corrected chi connectivity index (χ4v) is 3.59. The molecule has 2 aliphatic carbocycles. The number of rotatable bonds is 5. The molecule has 2 saturated carbocycles. The van der Waals surface area contributed by atoms with E-state index in [4.69, 9.17) is 22.7 Å². The lowest BCUT2D eigenvalue weighted by atomic mass is 9.78. The van der Waals surface area contributed by atoms with Gasteiger partial charge in [-0.3, -0.25) is 4.79 Å². The largest absolute Gasteiger partial charge is 0.392 e. The zero-order valence-electron chi connectivity index (χ0n) is 12.3. The normalized spacial score (nSPS) is 29.1. The van der Waals surface area contributed by atoms with Crippen molar-refractivity contribution >= 4 is 23.1 Å². The van der Waals surface area contributed by atoms with Crippen molar-refractivity contribution in [2.45, 2.75) is 70.4 Å². The van der Waals surface area contributed by atoms with Crippen LogP contribution in [0.1, 0.15) is 58.3 Å². The SMILES string of the molecule is CCOC1CC(NC(=O)C2(C(N)=S)CCCCCC2)C1. The van der Waals surface area contributed by atoms with Crippen LogP contribution in [0.5, 0.6) is 0 Å². The number of carbonyl (C=O) groups excluding carboxylic acids is 1. The topological polar surface area (TPSA) is 64.3 Å². The third-order valence-electron chi connectivity index (χ3n) is 4.70. The van der Waals surface area contributed by atoms with Crippen LogP contribution in [-0.2, 0) is 9.53 Å². The quantitative estimate of drug-likeness (QED) is 0.604. The van der Waals surface area contributed by atoms with E-state index in [0.29, 0.717) is 11.1 Å². The average Bonchev–Trinajstić information content (AvgIpc) is 2.62. The molecule has 1 amide bonds. The number of ether oxygens (including phenoxy) is 1. The van der Waals surface area contributed by atoms with Crippen molar-refractivity contribution in [1.82, 2.24) is 5.32 Å². The van der Waals surface area contributed by atoms with Gasteiger partial charge in [-0.05, 0) is 32.6 Å². The van der Waals surface area contributed by atoms with Crippen LogP contribution in [0.15, 0.2) is 0 Å². The molecule has 0 aromatic rings. The number of carbonyl (C=O) groups is 1. The van der Waals surface area contributed by atoms with Crippen molar-refractivity contribution in [3.63, 3.8) is 0 Å². The zero-order chi connectivity index (χ0) is 14.6. The standard InChI is InChI=1S/C15H26N2O2S/c1-2-19-12-9-11(10-12)17-14(18)15(13(16)20)7-5-3-4-6-8-15/h11-12H,2-10H2,1H3,(H2,16,20)(H,17,18). The second-order valence-electron chi connectivity index (χ2n) is 6.08. The minimum absolute atomic E-state index is 0.0480. The van der Waals surface area contributed by atoms with Gasteiger partial charge >= 0.3 is 0 Å². The van der Waals surface area contributed by atoms with Gasteiger partial charge in [0.15, 0.2) is 0 Å². The molecule has 0 aliphatic heterocycles. The van der Waals surface area contributed by atoms with Gasteiger partial charge < -0.3 is 15.8 Å². The lowest BCUT2D eigenvalue weighted by Crippen LogP contribution is -2.55. The summed E-state index contributed by atoms with van der Waals surface area (Å²) in [5.41, 5.74) is 5.32. The Bertz CT molecular complexity index is 359. The van der Waals surface area contributed by atoms with E-state index in [-0.39, 0.29) is 11.9 Å². The van der Waals surface area contributed by atoms with E-state index < -0.39 is 5.41 Å². The highest BCUT2D eigenvalue weighted by molar-refractivity contribution is 7.80. The van der Waals surface area contributed by atoms with Crippen LogP contribution in [0.25, 0.3) is 0 Å². The van der Waals surface area contributed by atoms with Crippen molar-refractivity contribution in [1.29, 1.82) is 0 Å². The Balaban J connectivity index is 1.93. The van der Waals surface area contributed by atoms with Gasteiger partial charge in [-0.1, -0.05) is 37.9 Å². The predicted molar refractivity (Wildman–Crippen MR) is 83.5 cm³/mol. The minimum Gasteiger partial charge on any atom is -0.392 e. The first-order chi connectivity index (χ1) is 9.58. The van der Waals surface area contributed by atoms with Crippen molar-refractivity contribution < 1.29 is 9.53 Å². The molecule has 3 N–H and O–H groups in total. The van der Waals surface area contributed by atoms with E-state index in [2.05, 4.69) is 5.32 Å². The molecule has 114 valence electrons. The van der Waals surface area contributed by atoms with Gasteiger partial charge in [0.2, 0.25) is 5.91 Å². The van der Waals surface area contributed by atoms with Crippen molar-refractivity contribution in [2.75, 3.05) is 6.61 Å². The molecule has 0 atom stereocenters. The van der Waals surface area contributed by atoms with Gasteiger partial charge in [0.1, 0.15) is 0 Å². The summed E-state index contributed by atoms with van der Waals surface area (Å²) in [5, 5.41) is 3.14. The lowest BCUT2D eigenvalue weighted by molar-refractivity contribution is -0.130. The van der Waals surface area contributed by atoms with E-state index in [1.165, 1.54) is 12.8 Å². The van der Waals surface area contributed by atoms with E-state index in [1.54, 1.807) is 0 Å². The molecule has 5 heteroatoms. The molecule has 2 aliphatic rings. The summed E-state index contributed by atoms with van der Waals surface area (Å²) < 4.78 is 5.53. The van der Waals surface area contributed by atoms with Gasteiger partial charge in [-0.15, -0.1) is 0 Å². The molecule has 0 saturated heterocycles. The number of hydrogen-bond donors (Lipinski definition) is 2. The van der Waals surface area contributed by atoms with E-state index in [9.17, 15) is 4.79 Å². The Labute approximate surface area is 126 Å². The van der Waals surface area contributed by atoms with Crippen LogP contribution in [0, 0.1) is 5.41 Å². The molecule has 0 aromatic heterocycles. The number of thiocarbonyl (C=S) groups is 1. The maximum atomic E-state index is 12.7. The summed E-state index contributed by atoms with van der Waals surface area (Å²) in [4.78, 5) is 13.0. The van der Waals surface area contributed by atoms with Crippen molar-refractivity contribution in [3.8, 4) is 0 Å². The average molecular weight is 298 g/mol. The van der Waals surface area contributed by atoms with Crippen molar-refractivity contribution in [3.05, 3.63) is 0 Å². The van der Waals surface area contributed by atoms with Crippen LogP contribution < -0.4 is 11.1 Å². The Morgan fingerprint density at radius 3 is 2.40 bits per heavy atom. The first-order valence-electron chi connectivity index (χ1n) is 7.81. The molecule has 0 heterocycles. The lowest BCUT2D eigenvalue weighted by Gasteiger charge is -2.39. The Kier molecular flexibility index (Phi) is 5.38. The number of nitrogens with two attached hydrogens (primary N) is 1. The Morgan fingerprint density at radius 1 is 1.30 bits per heavy atom. The molecule has 0 aromatic carbocycles. The summed E-state index contributed by atoms with van der Waals surface area (Å²) in [6.07, 6.45) is 8.15. The van der Waals surface area contributed by atoms with Crippen LogP contribution in [0.2, 0.25) is 0 Å². The third-order valence-corrected chi connectivity index (χ3v) is 5.09. The van der Waals surface area contributed by atoms with E-state index in [0.717, 1.165) is 45.1 Å². The van der Waals surface area contributed by atoms with Crippen LogP contribution >= 0.6 is 12.2 Å². The fourth-order valence-electron chi connectivity index (χ4n) is 3.30. The zero-order valence-corrected chi connectivity index (χ0v) is 13.1. The summed E-state index contributed by atoms with van der Waals surface area (Å²) >= 11 is 5.23. The predicted octanol–water partition coefficient (Wildman–Crippen LogP) is 2.30. The van der Waals surface area contributed by atoms with E-state index in [1.807, 2.05) is 6.92 Å². The number of nitrogens with one attached hydrogen (secondary N) is 1. The van der Waals surface area contributed by atoms with Crippen molar-refractivity contribution in [2.24, 2.45) is 11.1 Å². The molecule has 0 radical (unpaired) electrons. The van der Waals surface area contributed by atoms with Crippen LogP contribution in [-0.4, -0.2) is 29.6 Å². The monoisotopic (exact) mass is 298 g/mol. The molecule has 2 rings (SSSR count). The van der Waals surface area contributed by atoms with E-state index >= 15 is 0 Å². The van der Waals surface area contributed by atoms with Gasteiger partial charge in [-0.2, -0.15) is 0 Å². The second-order valence-corrected chi connectivity index (χ2v) is 6.52. The highest BCUT2D eigenvalue weighted by atomic mass is 32.1. The summed E-state index contributed by atoms with van der Waals surface area (Å²) in [5.74, 6) is 0.0480. The van der Waals surface area contributed by atoms with Gasteiger partial charge in [0.05, 0.1) is 16.5 Å². The Morgan fingerprint density at radius 2 is 1.90 bits per heavy atom. The second kappa shape index (κ2) is 6.85. The molecular formula is C15H26N2O2S. The first-order valence-corrected chi connectivity index (χ1v) is 8.22. The summed E-state index contributed by atoms with van der Waals surface area (Å²) in [7, 11) is 0. The highest BCUT2D eigenvalue weighted by Crippen LogP contribution is 2.36. The van der Waals surface area contributed by atoms with Crippen LogP contribution in [0.4, 0.5) is 0 Å². The smallest absolute Gasteiger partial charge is 0.233 e. The molecule has 0 bridgehead atoms. The van der Waals surface area contributed by atoms with Gasteiger partial charge in [0.25, 0.3) is 0 Å². The highest BCUT2D eigenvalue weighted by Gasteiger charge is 2.43. The summed E-state index contributed by atoms with van der Waals surface area (Å²) in [6.45, 7) is 2.74. The van der Waals surface area contributed by atoms with Gasteiger partial charge in [0, 0.05) is 12.6 Å². The first kappa shape index (κ1) is 15.7. The molecule has 20 heavy (non-hydrogen) atoms. The molecule has 0 unspecified atom stereocenters. The molecular weight excluding hydrogens is 272 g/mol. The van der Waals surface area contributed by atoms with Crippen LogP contribution in [0.3, 0.4) is 0 Å². The minimum atomic E-state index is -0.609. The maximum absolute atomic E-state index is 12.7. The molecule has 4 nitrogen and oxygen atoms in total. The van der Waals surface area contributed by atoms with Gasteiger partial charge in [-0.25, -0.2) is 0 Å². The number of amides is 1. The number of hydrogen-bond acceptors (Lipinski definition) is 3. The molecule has 2 fully saturated rings. The summed E-state index contributed by atoms with van der Waals surface area (Å²) in [6, 6.07) is 0.230. The Hall–Kier alpha value is -0.680. The fraction of sp³-hybridized carbons (Fsp3) is 0.867. The molecule has 0 spiro atoms.